The van der Waals surface area contributed by atoms with Crippen LogP contribution < -0.4 is 0 Å². The van der Waals surface area contributed by atoms with Crippen molar-refractivity contribution in [3.05, 3.63) is 29.8 Å². The highest BCUT2D eigenvalue weighted by Crippen LogP contribution is 2.40. The van der Waals surface area contributed by atoms with E-state index in [1.54, 1.807) is 0 Å². The van der Waals surface area contributed by atoms with E-state index in [1.165, 1.54) is 10.5 Å². The van der Waals surface area contributed by atoms with Gasteiger partial charge < -0.3 is 9.80 Å². The van der Waals surface area contributed by atoms with E-state index < -0.39 is 0 Å². The lowest BCUT2D eigenvalue weighted by Gasteiger charge is -2.22. The van der Waals surface area contributed by atoms with Crippen molar-refractivity contribution in [1.82, 2.24) is 9.80 Å². The molecule has 0 radical (unpaired) electrons. The smallest absolute Gasteiger partial charge is 0.231 e. The van der Waals surface area contributed by atoms with Crippen LogP contribution in [-0.4, -0.2) is 54.7 Å². The van der Waals surface area contributed by atoms with Crippen LogP contribution in [0.5, 0.6) is 0 Å². The molecule has 1 amide bonds. The van der Waals surface area contributed by atoms with Crippen LogP contribution >= 0.6 is 11.8 Å². The van der Waals surface area contributed by atoms with Crippen LogP contribution in [0, 0.1) is 5.92 Å². The predicted molar refractivity (Wildman–Crippen MR) is 87.8 cm³/mol. The lowest BCUT2D eigenvalue weighted by Crippen LogP contribution is -2.35. The molecule has 0 spiro atoms. The molecule has 2 aliphatic rings. The van der Waals surface area contributed by atoms with Gasteiger partial charge in [0, 0.05) is 30.3 Å². The van der Waals surface area contributed by atoms with Crippen LogP contribution in [0.2, 0.25) is 0 Å². The summed E-state index contributed by atoms with van der Waals surface area (Å²) in [6.07, 6.45) is 1.15. The molecule has 0 saturated carbocycles. The quantitative estimate of drug-likeness (QED) is 0.854. The molecule has 0 aliphatic carbocycles. The molecule has 1 aromatic carbocycles. The second kappa shape index (κ2) is 6.41. The van der Waals surface area contributed by atoms with E-state index in [-0.39, 0.29) is 5.92 Å². The Morgan fingerprint density at radius 1 is 1.43 bits per heavy atom. The first-order chi connectivity index (χ1) is 10.2. The minimum atomic E-state index is 0.0776. The molecule has 2 atom stereocenters. The summed E-state index contributed by atoms with van der Waals surface area (Å²) in [6, 6.07) is 8.37. The maximum absolute atomic E-state index is 12.8. The normalized spacial score (nSPS) is 24.6. The highest BCUT2D eigenvalue weighted by molar-refractivity contribution is 7.99. The summed E-state index contributed by atoms with van der Waals surface area (Å²) in [7, 11) is 2.16. The standard InChI is InChI=1S/C17H24N2OS/c1-3-18(2)10-13-8-9-19(11-13)17(20)15-12-21-16-7-5-4-6-14(15)16/h4-7,13,15H,3,8-12H2,1-2H3/t13-,15-/m1/s1. The third kappa shape index (κ3) is 3.11. The number of likely N-dealkylation sites (tertiary alicyclic amines) is 1. The van der Waals surface area contributed by atoms with Crippen molar-refractivity contribution in [2.45, 2.75) is 24.2 Å². The third-order valence-electron chi connectivity index (χ3n) is 4.71. The van der Waals surface area contributed by atoms with Crippen molar-refractivity contribution >= 4 is 17.7 Å². The average Bonchev–Trinajstić information content (AvgIpc) is 3.13. The molecule has 2 aliphatic heterocycles. The molecule has 1 saturated heterocycles. The Hall–Kier alpha value is -1.00. The van der Waals surface area contributed by atoms with Gasteiger partial charge in [-0.3, -0.25) is 4.79 Å². The van der Waals surface area contributed by atoms with Crippen LogP contribution in [-0.2, 0) is 4.79 Å². The summed E-state index contributed by atoms with van der Waals surface area (Å²) in [5.74, 6) is 1.97. The maximum Gasteiger partial charge on any atom is 0.231 e. The van der Waals surface area contributed by atoms with Crippen LogP contribution in [0.15, 0.2) is 29.2 Å². The van der Waals surface area contributed by atoms with E-state index in [4.69, 9.17) is 0 Å². The Labute approximate surface area is 131 Å². The number of carbonyl (C=O) groups excluding carboxylic acids is 1. The second-order valence-electron chi connectivity index (χ2n) is 6.20. The summed E-state index contributed by atoms with van der Waals surface area (Å²) in [6.45, 7) is 6.24. The molecule has 3 nitrogen and oxygen atoms in total. The molecule has 0 aromatic heterocycles. The van der Waals surface area contributed by atoms with E-state index in [9.17, 15) is 4.79 Å². The van der Waals surface area contributed by atoms with Crippen molar-refractivity contribution in [2.24, 2.45) is 5.92 Å². The summed E-state index contributed by atoms with van der Waals surface area (Å²) >= 11 is 1.82. The summed E-state index contributed by atoms with van der Waals surface area (Å²) < 4.78 is 0. The molecule has 4 heteroatoms. The van der Waals surface area contributed by atoms with E-state index in [2.05, 4.69) is 42.0 Å². The van der Waals surface area contributed by atoms with Crippen LogP contribution in [0.4, 0.5) is 0 Å². The lowest BCUT2D eigenvalue weighted by molar-refractivity contribution is -0.131. The van der Waals surface area contributed by atoms with Gasteiger partial charge in [0.05, 0.1) is 5.92 Å². The number of carbonyl (C=O) groups is 1. The molecule has 2 heterocycles. The number of benzene rings is 1. The van der Waals surface area contributed by atoms with E-state index >= 15 is 0 Å². The zero-order chi connectivity index (χ0) is 14.8. The van der Waals surface area contributed by atoms with Crippen LogP contribution in [0.1, 0.15) is 24.8 Å². The van der Waals surface area contributed by atoms with Gasteiger partial charge in [-0.05, 0) is 37.6 Å². The fraction of sp³-hybridized carbons (Fsp3) is 0.588. The van der Waals surface area contributed by atoms with Gasteiger partial charge in [-0.1, -0.05) is 25.1 Å². The molecule has 0 unspecified atom stereocenters. The van der Waals surface area contributed by atoms with Gasteiger partial charge in [0.15, 0.2) is 0 Å². The lowest BCUT2D eigenvalue weighted by atomic mass is 10.00. The number of hydrogen-bond donors (Lipinski definition) is 0. The highest BCUT2D eigenvalue weighted by atomic mass is 32.2. The zero-order valence-corrected chi connectivity index (χ0v) is 13.7. The summed E-state index contributed by atoms with van der Waals surface area (Å²) in [5, 5.41) is 0. The molecule has 21 heavy (non-hydrogen) atoms. The topological polar surface area (TPSA) is 23.6 Å². The molecule has 1 fully saturated rings. The van der Waals surface area contributed by atoms with Gasteiger partial charge >= 0.3 is 0 Å². The van der Waals surface area contributed by atoms with Gasteiger partial charge in [-0.25, -0.2) is 0 Å². The van der Waals surface area contributed by atoms with Gasteiger partial charge in [-0.2, -0.15) is 0 Å². The summed E-state index contributed by atoms with van der Waals surface area (Å²) in [4.78, 5) is 18.5. The first-order valence-electron chi connectivity index (χ1n) is 7.88. The second-order valence-corrected chi connectivity index (χ2v) is 7.26. The Kier molecular flexibility index (Phi) is 4.55. The average molecular weight is 304 g/mol. The number of hydrogen-bond acceptors (Lipinski definition) is 3. The Morgan fingerprint density at radius 2 is 2.24 bits per heavy atom. The SMILES string of the molecule is CCN(C)C[C@H]1CCN(C(=O)[C@@H]2CSc3ccccc32)C1. The van der Waals surface area contributed by atoms with E-state index in [0.29, 0.717) is 11.8 Å². The number of fused-ring (bicyclic) bond motifs is 1. The van der Waals surface area contributed by atoms with Crippen molar-refractivity contribution in [1.29, 1.82) is 0 Å². The van der Waals surface area contributed by atoms with E-state index in [1.807, 2.05) is 17.8 Å². The van der Waals surface area contributed by atoms with Crippen molar-refractivity contribution in [2.75, 3.05) is 39.0 Å². The first kappa shape index (κ1) is 14.9. The zero-order valence-electron chi connectivity index (χ0n) is 12.9. The predicted octanol–water partition coefficient (Wildman–Crippen LogP) is 2.68. The molecule has 0 bridgehead atoms. The molecule has 1 aromatic rings. The van der Waals surface area contributed by atoms with Crippen LogP contribution in [0.25, 0.3) is 0 Å². The van der Waals surface area contributed by atoms with E-state index in [0.717, 1.165) is 38.4 Å². The minimum Gasteiger partial charge on any atom is -0.342 e. The molecular formula is C17H24N2OS. The Bertz CT molecular complexity index is 519. The van der Waals surface area contributed by atoms with Crippen LogP contribution in [0.3, 0.4) is 0 Å². The maximum atomic E-state index is 12.8. The number of nitrogens with zero attached hydrogens (tertiary/aromatic N) is 2. The van der Waals surface area contributed by atoms with Gasteiger partial charge in [0.25, 0.3) is 0 Å². The number of amides is 1. The van der Waals surface area contributed by atoms with Gasteiger partial charge in [0.1, 0.15) is 0 Å². The van der Waals surface area contributed by atoms with Crippen molar-refractivity contribution in [3.8, 4) is 0 Å². The number of thioether (sulfide) groups is 1. The largest absolute Gasteiger partial charge is 0.342 e. The molecular weight excluding hydrogens is 280 g/mol. The minimum absolute atomic E-state index is 0.0776. The number of rotatable bonds is 4. The monoisotopic (exact) mass is 304 g/mol. The van der Waals surface area contributed by atoms with Crippen molar-refractivity contribution < 1.29 is 4.79 Å². The molecule has 3 rings (SSSR count). The Morgan fingerprint density at radius 3 is 3.05 bits per heavy atom. The molecule has 114 valence electrons. The van der Waals surface area contributed by atoms with Gasteiger partial charge in [0.2, 0.25) is 5.91 Å². The van der Waals surface area contributed by atoms with Gasteiger partial charge in [-0.15, -0.1) is 11.8 Å². The fourth-order valence-electron chi connectivity index (χ4n) is 3.34. The molecule has 0 N–H and O–H groups in total. The Balaban J connectivity index is 1.63. The third-order valence-corrected chi connectivity index (χ3v) is 5.89. The fourth-order valence-corrected chi connectivity index (χ4v) is 4.56. The first-order valence-corrected chi connectivity index (χ1v) is 8.86. The van der Waals surface area contributed by atoms with Crippen molar-refractivity contribution in [3.63, 3.8) is 0 Å². The highest BCUT2D eigenvalue weighted by Gasteiger charge is 2.35. The summed E-state index contributed by atoms with van der Waals surface area (Å²) in [5.41, 5.74) is 1.24.